The van der Waals surface area contributed by atoms with E-state index in [2.05, 4.69) is 6.07 Å². The summed E-state index contributed by atoms with van der Waals surface area (Å²) in [7, 11) is 4.45. The first-order valence-corrected chi connectivity index (χ1v) is 12.1. The fourth-order valence-electron chi connectivity index (χ4n) is 4.92. The molecule has 1 N–H and O–H groups in total. The Labute approximate surface area is 216 Å². The summed E-state index contributed by atoms with van der Waals surface area (Å²) >= 11 is 0. The molecular formula is C27H34N2O8. The van der Waals surface area contributed by atoms with Gasteiger partial charge in [-0.05, 0) is 48.6 Å². The van der Waals surface area contributed by atoms with E-state index in [1.54, 1.807) is 30.3 Å². The van der Waals surface area contributed by atoms with Gasteiger partial charge >= 0.3 is 0 Å². The summed E-state index contributed by atoms with van der Waals surface area (Å²) in [6, 6.07) is 11.4. The molecule has 1 aliphatic heterocycles. The van der Waals surface area contributed by atoms with Crippen LogP contribution in [0.3, 0.4) is 0 Å². The van der Waals surface area contributed by atoms with Crippen molar-refractivity contribution in [3.05, 3.63) is 52.1 Å². The van der Waals surface area contributed by atoms with E-state index in [1.165, 1.54) is 21.3 Å². The Morgan fingerprint density at radius 1 is 1.11 bits per heavy atom. The highest BCUT2D eigenvalue weighted by Gasteiger charge is 2.46. The van der Waals surface area contributed by atoms with Crippen molar-refractivity contribution in [2.45, 2.75) is 50.9 Å². The lowest BCUT2D eigenvalue weighted by Crippen LogP contribution is -2.51. The van der Waals surface area contributed by atoms with E-state index >= 15 is 0 Å². The molecule has 1 heterocycles. The molecule has 0 saturated heterocycles. The second-order valence-corrected chi connectivity index (χ2v) is 9.30. The van der Waals surface area contributed by atoms with Gasteiger partial charge in [0.2, 0.25) is 11.8 Å². The maximum absolute atomic E-state index is 12.2. The molecule has 2 aromatic rings. The molecule has 0 aliphatic carbocycles. The van der Waals surface area contributed by atoms with Crippen LogP contribution in [0, 0.1) is 33.3 Å². The number of ether oxygens (including phenoxy) is 5. The van der Waals surface area contributed by atoms with Gasteiger partial charge in [0.05, 0.1) is 39.2 Å². The maximum atomic E-state index is 12.2. The minimum atomic E-state index is -1.31. The number of nitrogens with zero attached hydrogens (tertiary/aromatic N) is 2. The van der Waals surface area contributed by atoms with Crippen LogP contribution in [0.1, 0.15) is 38.2 Å². The molecule has 3 rings (SSSR count). The van der Waals surface area contributed by atoms with Crippen molar-refractivity contribution < 1.29 is 33.7 Å². The molecule has 0 radical (unpaired) electrons. The predicted molar refractivity (Wildman–Crippen MR) is 135 cm³/mol. The molecular weight excluding hydrogens is 480 g/mol. The number of hydrogen-bond donors (Lipinski definition) is 1. The standard InChI is InChI=1S/C27H34N2O8/c1-16(2)25(24-15-36-20-8-6-7-9-21(20)37-24)26(29(31)32)19(30)11-10-17(14-28)18-12-22(33-3)27(35-5)23(13-18)34-4/h6-9,12-13,16-17,19,24-26,30H,10-11,15H2,1-5H3. The first-order valence-electron chi connectivity index (χ1n) is 12.1. The number of rotatable bonds is 12. The molecule has 0 bridgehead atoms. The van der Waals surface area contributed by atoms with Gasteiger partial charge in [0, 0.05) is 4.92 Å². The smallest absolute Gasteiger partial charge is 0.245 e. The number of methoxy groups -OCH3 is 3. The van der Waals surface area contributed by atoms with Crippen LogP contribution in [0.2, 0.25) is 0 Å². The quantitative estimate of drug-likeness (QED) is 0.326. The molecule has 0 spiro atoms. The molecule has 5 unspecified atom stereocenters. The Bertz CT molecular complexity index is 1090. The highest BCUT2D eigenvalue weighted by molar-refractivity contribution is 5.55. The zero-order valence-electron chi connectivity index (χ0n) is 21.7. The number of benzene rings is 2. The second-order valence-electron chi connectivity index (χ2n) is 9.30. The Hall–Kier alpha value is -3.71. The van der Waals surface area contributed by atoms with Crippen molar-refractivity contribution in [3.8, 4) is 34.8 Å². The highest BCUT2D eigenvalue weighted by Crippen LogP contribution is 2.41. The van der Waals surface area contributed by atoms with Crippen molar-refractivity contribution >= 4 is 0 Å². The van der Waals surface area contributed by atoms with Crippen LogP contribution in [0.25, 0.3) is 0 Å². The normalized spacial score (nSPS) is 17.7. The summed E-state index contributed by atoms with van der Waals surface area (Å²) in [5, 5.41) is 33.2. The third-order valence-electron chi connectivity index (χ3n) is 6.76. The van der Waals surface area contributed by atoms with E-state index in [0.29, 0.717) is 34.3 Å². The Morgan fingerprint density at radius 3 is 2.24 bits per heavy atom. The lowest BCUT2D eigenvalue weighted by atomic mass is 9.79. The van der Waals surface area contributed by atoms with Gasteiger partial charge in [-0.25, -0.2) is 0 Å². The van der Waals surface area contributed by atoms with Gasteiger partial charge in [-0.15, -0.1) is 0 Å². The Kier molecular flexibility index (Phi) is 9.42. The van der Waals surface area contributed by atoms with E-state index < -0.39 is 35.0 Å². The lowest BCUT2D eigenvalue weighted by Gasteiger charge is -2.36. The minimum Gasteiger partial charge on any atom is -0.493 e. The summed E-state index contributed by atoms with van der Waals surface area (Å²) < 4.78 is 28.0. The van der Waals surface area contributed by atoms with E-state index in [9.17, 15) is 20.5 Å². The van der Waals surface area contributed by atoms with Gasteiger partial charge in [-0.2, -0.15) is 5.26 Å². The molecule has 200 valence electrons. The van der Waals surface area contributed by atoms with Crippen LogP contribution in [0.4, 0.5) is 0 Å². The fraction of sp³-hybridized carbons (Fsp3) is 0.519. The summed E-state index contributed by atoms with van der Waals surface area (Å²) in [6.45, 7) is 3.88. The van der Waals surface area contributed by atoms with E-state index in [-0.39, 0.29) is 25.4 Å². The Balaban J connectivity index is 1.80. The third kappa shape index (κ3) is 6.17. The number of nitriles is 1. The predicted octanol–water partition coefficient (Wildman–Crippen LogP) is 4.22. The topological polar surface area (TPSA) is 133 Å². The van der Waals surface area contributed by atoms with Crippen LogP contribution < -0.4 is 23.7 Å². The van der Waals surface area contributed by atoms with Gasteiger partial charge in [-0.1, -0.05) is 26.0 Å². The summed E-state index contributed by atoms with van der Waals surface area (Å²) in [6.07, 6.45) is -1.69. The fourth-order valence-corrected chi connectivity index (χ4v) is 4.92. The number of hydrogen-bond acceptors (Lipinski definition) is 9. The largest absolute Gasteiger partial charge is 0.493 e. The molecule has 10 heteroatoms. The molecule has 1 aliphatic rings. The second kappa shape index (κ2) is 12.5. The summed E-state index contributed by atoms with van der Waals surface area (Å²) in [5.41, 5.74) is 0.600. The molecule has 37 heavy (non-hydrogen) atoms. The monoisotopic (exact) mass is 514 g/mol. The molecule has 10 nitrogen and oxygen atoms in total. The highest BCUT2D eigenvalue weighted by atomic mass is 16.6. The molecule has 0 saturated carbocycles. The maximum Gasteiger partial charge on any atom is 0.245 e. The zero-order chi connectivity index (χ0) is 27.1. The van der Waals surface area contributed by atoms with Gasteiger partial charge in [0.15, 0.2) is 23.0 Å². The van der Waals surface area contributed by atoms with E-state index in [4.69, 9.17) is 23.7 Å². The van der Waals surface area contributed by atoms with Gasteiger partial charge < -0.3 is 28.8 Å². The van der Waals surface area contributed by atoms with Crippen molar-refractivity contribution in [1.29, 1.82) is 5.26 Å². The number of nitro groups is 1. The van der Waals surface area contributed by atoms with Crippen LogP contribution in [-0.2, 0) is 0 Å². The van der Waals surface area contributed by atoms with Gasteiger partial charge in [0.25, 0.3) is 0 Å². The van der Waals surface area contributed by atoms with Crippen LogP contribution in [0.5, 0.6) is 28.7 Å². The van der Waals surface area contributed by atoms with Crippen molar-refractivity contribution in [1.82, 2.24) is 0 Å². The molecule has 5 atom stereocenters. The van der Waals surface area contributed by atoms with Crippen molar-refractivity contribution in [3.63, 3.8) is 0 Å². The first kappa shape index (κ1) is 27.9. The first-order chi connectivity index (χ1) is 17.7. The van der Waals surface area contributed by atoms with Gasteiger partial charge in [-0.3, -0.25) is 10.1 Å². The molecule has 0 fully saturated rings. The molecule has 2 aromatic carbocycles. The molecule has 0 aromatic heterocycles. The average Bonchev–Trinajstić information content (AvgIpc) is 2.90. The Morgan fingerprint density at radius 2 is 1.73 bits per heavy atom. The SMILES string of the molecule is COc1cc(C(C#N)CCC(O)C(C(C(C)C)C2COc3ccccc3O2)[N+](=O)[O-])cc(OC)c1OC. The average molecular weight is 515 g/mol. The van der Waals surface area contributed by atoms with E-state index in [1.807, 2.05) is 19.9 Å². The summed E-state index contributed by atoms with van der Waals surface area (Å²) in [4.78, 5) is 11.8. The van der Waals surface area contributed by atoms with Crippen LogP contribution in [0.15, 0.2) is 36.4 Å². The minimum absolute atomic E-state index is 0.0356. The number of aliphatic hydroxyl groups is 1. The zero-order valence-corrected chi connectivity index (χ0v) is 21.7. The molecule has 0 amide bonds. The summed E-state index contributed by atoms with van der Waals surface area (Å²) in [5.74, 6) is 0.843. The van der Waals surface area contributed by atoms with Crippen LogP contribution >= 0.6 is 0 Å². The van der Waals surface area contributed by atoms with Crippen LogP contribution in [-0.4, -0.2) is 56.2 Å². The number of fused-ring (bicyclic) bond motifs is 1. The van der Waals surface area contributed by atoms with Crippen molar-refractivity contribution in [2.75, 3.05) is 27.9 Å². The van der Waals surface area contributed by atoms with Gasteiger partial charge in [0.1, 0.15) is 18.8 Å². The van der Waals surface area contributed by atoms with E-state index in [0.717, 1.165) is 0 Å². The van der Waals surface area contributed by atoms with Crippen molar-refractivity contribution in [2.24, 2.45) is 11.8 Å². The third-order valence-corrected chi connectivity index (χ3v) is 6.76. The number of para-hydroxylation sites is 2. The lowest BCUT2D eigenvalue weighted by molar-refractivity contribution is -0.548. The number of aliphatic hydroxyl groups excluding tert-OH is 1.